The van der Waals surface area contributed by atoms with Crippen molar-refractivity contribution in [1.29, 1.82) is 0 Å². The van der Waals surface area contributed by atoms with Gasteiger partial charge in [0.1, 0.15) is 0 Å². The first-order chi connectivity index (χ1) is 4.54. The van der Waals surface area contributed by atoms with Gasteiger partial charge in [0.25, 0.3) is 0 Å². The summed E-state index contributed by atoms with van der Waals surface area (Å²) < 4.78 is 22.3. The van der Waals surface area contributed by atoms with Crippen molar-refractivity contribution in [1.82, 2.24) is 0 Å². The molecule has 6 nitrogen and oxygen atoms in total. The molecule has 0 rings (SSSR count). The summed E-state index contributed by atoms with van der Waals surface area (Å²) in [5.41, 5.74) is 0. The SMILES string of the molecule is C=CO.O=[PH](O)O[PH](=O)O.[Na].[Na].[Na].[Na]. The Hall–Kier alpha value is 3.88. The van der Waals surface area contributed by atoms with Crippen LogP contribution in [0.2, 0.25) is 0 Å². The molecule has 0 aromatic carbocycles. The average molecular weight is 282 g/mol. The predicted molar refractivity (Wildman–Crippen MR) is 59.4 cm³/mol. The summed E-state index contributed by atoms with van der Waals surface area (Å²) in [5, 5.41) is 7.33. The molecule has 4 radical (unpaired) electrons. The fraction of sp³-hybridized carbons (Fsp3) is 0. The molecule has 0 aromatic rings. The van der Waals surface area contributed by atoms with E-state index in [1.54, 1.807) is 0 Å². The molecule has 2 unspecified atom stereocenters. The van der Waals surface area contributed by atoms with Crippen LogP contribution in [-0.2, 0) is 13.4 Å². The van der Waals surface area contributed by atoms with E-state index in [2.05, 4.69) is 10.9 Å². The Balaban J connectivity index is -0.0000000208. The molecule has 3 N–H and O–H groups in total. The molecule has 12 heteroatoms. The summed E-state index contributed by atoms with van der Waals surface area (Å²) in [6.45, 7) is 2.92. The van der Waals surface area contributed by atoms with Crippen molar-refractivity contribution in [2.45, 2.75) is 0 Å². The van der Waals surface area contributed by atoms with Crippen molar-refractivity contribution in [2.75, 3.05) is 0 Å². The summed E-state index contributed by atoms with van der Waals surface area (Å²) in [5.74, 6) is 0. The Morgan fingerprint density at radius 1 is 1.00 bits per heavy atom. The van der Waals surface area contributed by atoms with E-state index in [4.69, 9.17) is 14.9 Å². The van der Waals surface area contributed by atoms with Crippen LogP contribution in [0.5, 0.6) is 0 Å². The molecule has 0 amide bonds. The minimum Gasteiger partial charge on any atom is -0.516 e. The van der Waals surface area contributed by atoms with E-state index in [0.29, 0.717) is 0 Å². The molecule has 2 atom stereocenters. The number of rotatable bonds is 2. The van der Waals surface area contributed by atoms with Crippen molar-refractivity contribution in [3.63, 3.8) is 0 Å². The standard InChI is InChI=1S/C2H4O.4Na.H4O5P2/c1-2-3;;;;;1-6(2)5-7(3)4/h2-3H,1H2;;;;;6-7H,(H,1,2)(H,3,4). The van der Waals surface area contributed by atoms with Crippen molar-refractivity contribution in [2.24, 2.45) is 0 Å². The molecule has 0 spiro atoms. The molecule has 14 heavy (non-hydrogen) atoms. The summed E-state index contributed by atoms with van der Waals surface area (Å²) >= 11 is 0. The summed E-state index contributed by atoms with van der Waals surface area (Å²) in [6.07, 6.45) is 0.750. The van der Waals surface area contributed by atoms with Crippen LogP contribution >= 0.6 is 16.5 Å². The summed E-state index contributed by atoms with van der Waals surface area (Å²) in [6, 6.07) is 0. The van der Waals surface area contributed by atoms with Gasteiger partial charge in [0, 0.05) is 118 Å². The second-order valence-electron chi connectivity index (χ2n) is 0.816. The van der Waals surface area contributed by atoms with Crippen molar-refractivity contribution in [3.05, 3.63) is 12.8 Å². The van der Waals surface area contributed by atoms with Crippen LogP contribution in [0.1, 0.15) is 0 Å². The van der Waals surface area contributed by atoms with Gasteiger partial charge < -0.3 is 14.9 Å². The zero-order valence-electron chi connectivity index (χ0n) is 8.85. The second-order valence-corrected chi connectivity index (χ2v) is 2.70. The Kier molecular flexibility index (Phi) is 77.8. The monoisotopic (exact) mass is 282 g/mol. The Bertz CT molecular complexity index is 132. The number of aliphatic hydroxyl groups is 1. The van der Waals surface area contributed by atoms with E-state index in [0.717, 1.165) is 6.26 Å². The van der Waals surface area contributed by atoms with E-state index in [1.807, 2.05) is 0 Å². The van der Waals surface area contributed by atoms with Crippen molar-refractivity contribution >= 4 is 135 Å². The van der Waals surface area contributed by atoms with Crippen LogP contribution < -0.4 is 0 Å². The van der Waals surface area contributed by atoms with E-state index in [9.17, 15) is 9.13 Å². The van der Waals surface area contributed by atoms with Gasteiger partial charge >= 0.3 is 16.5 Å². The van der Waals surface area contributed by atoms with Crippen molar-refractivity contribution < 1.29 is 28.3 Å². The molecule has 0 aliphatic carbocycles. The zero-order valence-corrected chi connectivity index (χ0v) is 18.9. The van der Waals surface area contributed by atoms with E-state index in [-0.39, 0.29) is 118 Å². The molecule has 0 saturated heterocycles. The molecule has 0 aliphatic rings. The fourth-order valence-corrected chi connectivity index (χ4v) is 0.672. The van der Waals surface area contributed by atoms with E-state index < -0.39 is 16.5 Å². The van der Waals surface area contributed by atoms with Crippen LogP contribution in [0.3, 0.4) is 0 Å². The Labute approximate surface area is 172 Å². The first-order valence-electron chi connectivity index (χ1n) is 1.93. The zero-order chi connectivity index (χ0) is 8.57. The summed E-state index contributed by atoms with van der Waals surface area (Å²) in [4.78, 5) is 15.4. The van der Waals surface area contributed by atoms with Gasteiger partial charge in [-0.05, 0) is 0 Å². The molecule has 0 bridgehead atoms. The molecular weight excluding hydrogens is 274 g/mol. The van der Waals surface area contributed by atoms with E-state index in [1.165, 1.54) is 0 Å². The third-order valence-corrected chi connectivity index (χ3v) is 1.57. The maximum atomic E-state index is 9.44. The van der Waals surface area contributed by atoms with Crippen LogP contribution in [-0.4, -0.2) is 133 Å². The average Bonchev–Trinajstić information content (AvgIpc) is 1.62. The first-order valence-corrected chi connectivity index (χ1v) is 4.46. The van der Waals surface area contributed by atoms with Gasteiger partial charge in [-0.25, -0.2) is 4.31 Å². The van der Waals surface area contributed by atoms with Gasteiger partial charge in [0.2, 0.25) is 0 Å². The normalized spacial score (nSPS) is 10.1. The van der Waals surface area contributed by atoms with Gasteiger partial charge in [-0.1, -0.05) is 6.58 Å². The first kappa shape index (κ1) is 36.1. The molecule has 0 aromatic heterocycles. The third-order valence-electron chi connectivity index (χ3n) is 0.175. The Morgan fingerprint density at radius 2 is 1.14 bits per heavy atom. The third kappa shape index (κ3) is 56.6. The van der Waals surface area contributed by atoms with Crippen molar-refractivity contribution in [3.8, 4) is 0 Å². The smallest absolute Gasteiger partial charge is 0.323 e. The minimum atomic E-state index is -3.20. The fourth-order valence-electron chi connectivity index (χ4n) is 0.0747. The largest absolute Gasteiger partial charge is 0.516 e. The van der Waals surface area contributed by atoms with Gasteiger partial charge in [-0.2, -0.15) is 0 Å². The minimum absolute atomic E-state index is 0. The second kappa shape index (κ2) is 30.2. The number of aliphatic hydroxyl groups excluding tert-OH is 1. The topological polar surface area (TPSA) is 104 Å². The molecule has 0 aliphatic heterocycles. The van der Waals surface area contributed by atoms with Gasteiger partial charge in [-0.3, -0.25) is 9.13 Å². The van der Waals surface area contributed by atoms with Gasteiger partial charge in [-0.15, -0.1) is 0 Å². The van der Waals surface area contributed by atoms with Gasteiger partial charge in [0.15, 0.2) is 0 Å². The number of hydrogen-bond donors (Lipinski definition) is 3. The van der Waals surface area contributed by atoms with E-state index >= 15 is 0 Å². The van der Waals surface area contributed by atoms with Crippen LogP contribution in [0.15, 0.2) is 12.8 Å². The van der Waals surface area contributed by atoms with Crippen LogP contribution in [0.4, 0.5) is 0 Å². The molecule has 66 valence electrons. The Morgan fingerprint density at radius 3 is 1.14 bits per heavy atom. The summed E-state index contributed by atoms with van der Waals surface area (Å²) in [7, 11) is -6.40. The molecule has 0 fully saturated rings. The quantitative estimate of drug-likeness (QED) is 0.338. The van der Waals surface area contributed by atoms with Gasteiger partial charge in [0.05, 0.1) is 6.26 Å². The maximum absolute atomic E-state index is 9.44. The van der Waals surface area contributed by atoms with Crippen LogP contribution in [0.25, 0.3) is 0 Å². The number of hydrogen-bond acceptors (Lipinski definition) is 4. The molecule has 0 heterocycles. The van der Waals surface area contributed by atoms with Crippen LogP contribution in [0, 0.1) is 0 Å². The maximum Gasteiger partial charge on any atom is 0.323 e. The molecular formula is C2H8Na4O6P2. The molecule has 0 saturated carbocycles. The predicted octanol–water partition coefficient (Wildman–Crippen LogP) is -1.07.